The summed E-state index contributed by atoms with van der Waals surface area (Å²) < 4.78 is 0. The molecule has 0 saturated heterocycles. The monoisotopic (exact) mass is 303 g/mol. The molecule has 5 heteroatoms. The molecule has 1 aromatic carbocycles. The third kappa shape index (κ3) is 4.20. The van der Waals surface area contributed by atoms with E-state index in [2.05, 4.69) is 15.6 Å². The van der Waals surface area contributed by atoms with Crippen LogP contribution in [0.2, 0.25) is 5.02 Å². The van der Waals surface area contributed by atoms with Crippen LogP contribution in [-0.2, 0) is 4.79 Å². The lowest BCUT2D eigenvalue weighted by Gasteiger charge is -2.10. The summed E-state index contributed by atoms with van der Waals surface area (Å²) in [5.74, 6) is 0.609. The number of benzene rings is 1. The van der Waals surface area contributed by atoms with E-state index in [1.54, 1.807) is 6.20 Å². The molecule has 0 aliphatic heterocycles. The molecule has 2 rings (SSSR count). The van der Waals surface area contributed by atoms with Crippen LogP contribution < -0.4 is 10.6 Å². The van der Waals surface area contributed by atoms with Crippen molar-refractivity contribution in [2.75, 3.05) is 10.6 Å². The van der Waals surface area contributed by atoms with Gasteiger partial charge in [-0.1, -0.05) is 31.5 Å². The summed E-state index contributed by atoms with van der Waals surface area (Å²) in [6.45, 7) is 5.65. The van der Waals surface area contributed by atoms with E-state index in [0.29, 0.717) is 16.5 Å². The second kappa shape index (κ2) is 6.59. The van der Waals surface area contributed by atoms with Gasteiger partial charge >= 0.3 is 0 Å². The molecule has 1 heterocycles. The van der Waals surface area contributed by atoms with Gasteiger partial charge in [-0.2, -0.15) is 0 Å². The van der Waals surface area contributed by atoms with Gasteiger partial charge in [0.25, 0.3) is 0 Å². The van der Waals surface area contributed by atoms with Crippen LogP contribution in [0.3, 0.4) is 0 Å². The van der Waals surface area contributed by atoms with Gasteiger partial charge in [0.1, 0.15) is 5.82 Å². The first-order valence-electron chi connectivity index (χ1n) is 6.76. The molecule has 0 aliphatic carbocycles. The number of amides is 1. The predicted molar refractivity (Wildman–Crippen MR) is 87.2 cm³/mol. The second-order valence-electron chi connectivity index (χ2n) is 5.17. The van der Waals surface area contributed by atoms with E-state index in [-0.39, 0.29) is 11.8 Å². The molecule has 0 radical (unpaired) electrons. The van der Waals surface area contributed by atoms with Gasteiger partial charge in [0.2, 0.25) is 5.91 Å². The highest BCUT2D eigenvalue weighted by atomic mass is 35.5. The van der Waals surface area contributed by atoms with Crippen molar-refractivity contribution in [3.63, 3.8) is 0 Å². The Kier molecular flexibility index (Phi) is 4.81. The molecule has 4 nitrogen and oxygen atoms in total. The number of hydrogen-bond donors (Lipinski definition) is 2. The minimum atomic E-state index is -0.0579. The Labute approximate surface area is 129 Å². The first-order valence-corrected chi connectivity index (χ1v) is 7.13. The van der Waals surface area contributed by atoms with E-state index in [1.165, 1.54) is 0 Å². The molecule has 0 fully saturated rings. The van der Waals surface area contributed by atoms with Gasteiger partial charge in [0, 0.05) is 16.6 Å². The molecule has 0 aliphatic rings. The van der Waals surface area contributed by atoms with Gasteiger partial charge in [0.05, 0.1) is 11.9 Å². The summed E-state index contributed by atoms with van der Waals surface area (Å²) in [6.07, 6.45) is 1.62. The summed E-state index contributed by atoms with van der Waals surface area (Å²) >= 11 is 6.08. The molecular formula is C16H18ClN3O. The maximum atomic E-state index is 11.6. The Morgan fingerprint density at radius 1 is 1.19 bits per heavy atom. The fourth-order valence-corrected chi connectivity index (χ4v) is 1.83. The molecule has 2 N–H and O–H groups in total. The largest absolute Gasteiger partial charge is 0.340 e. The van der Waals surface area contributed by atoms with Crippen LogP contribution in [0.5, 0.6) is 0 Å². The van der Waals surface area contributed by atoms with Crippen LogP contribution in [0, 0.1) is 12.8 Å². The van der Waals surface area contributed by atoms with E-state index in [1.807, 2.05) is 51.1 Å². The van der Waals surface area contributed by atoms with Crippen molar-refractivity contribution in [3.05, 3.63) is 47.1 Å². The number of carbonyl (C=O) groups excluding carboxylic acids is 1. The fraction of sp³-hybridized carbons (Fsp3) is 0.250. The second-order valence-corrected chi connectivity index (χ2v) is 5.57. The maximum Gasteiger partial charge on any atom is 0.226 e. The van der Waals surface area contributed by atoms with Crippen molar-refractivity contribution in [3.8, 4) is 0 Å². The summed E-state index contributed by atoms with van der Waals surface area (Å²) in [6, 6.07) is 9.36. The van der Waals surface area contributed by atoms with Crippen LogP contribution in [0.1, 0.15) is 19.4 Å². The molecule has 2 aromatic rings. The molecule has 0 atom stereocenters. The first-order chi connectivity index (χ1) is 9.95. The molecule has 110 valence electrons. The Hall–Kier alpha value is -2.07. The van der Waals surface area contributed by atoms with Gasteiger partial charge in [-0.25, -0.2) is 4.98 Å². The molecule has 0 saturated carbocycles. The summed E-state index contributed by atoms with van der Waals surface area (Å²) in [5, 5.41) is 6.67. The van der Waals surface area contributed by atoms with E-state index in [9.17, 15) is 4.79 Å². The summed E-state index contributed by atoms with van der Waals surface area (Å²) in [7, 11) is 0. The molecular weight excluding hydrogens is 286 g/mol. The average Bonchev–Trinajstić information content (AvgIpc) is 2.45. The number of pyridine rings is 1. The highest BCUT2D eigenvalue weighted by molar-refractivity contribution is 6.31. The third-order valence-corrected chi connectivity index (χ3v) is 3.41. The van der Waals surface area contributed by atoms with Crippen molar-refractivity contribution >= 4 is 34.7 Å². The minimum absolute atomic E-state index is 0.0252. The normalized spacial score (nSPS) is 10.5. The Balaban J connectivity index is 2.05. The quantitative estimate of drug-likeness (QED) is 0.881. The third-order valence-electron chi connectivity index (χ3n) is 3.00. The van der Waals surface area contributed by atoms with Gasteiger partial charge in [0.15, 0.2) is 0 Å². The number of carbonyl (C=O) groups is 1. The van der Waals surface area contributed by atoms with Crippen LogP contribution in [0.4, 0.5) is 17.2 Å². The number of aryl methyl sites for hydroxylation is 1. The topological polar surface area (TPSA) is 54.0 Å². The zero-order valence-electron chi connectivity index (χ0n) is 12.3. The van der Waals surface area contributed by atoms with Crippen molar-refractivity contribution in [1.29, 1.82) is 0 Å². The Bertz CT molecular complexity index is 638. The molecule has 0 spiro atoms. The van der Waals surface area contributed by atoms with Crippen molar-refractivity contribution in [2.45, 2.75) is 20.8 Å². The number of halogens is 1. The lowest BCUT2D eigenvalue weighted by atomic mass is 10.2. The number of rotatable bonds is 4. The number of nitrogens with zero attached hydrogens (tertiary/aromatic N) is 1. The Morgan fingerprint density at radius 2 is 1.90 bits per heavy atom. The average molecular weight is 304 g/mol. The van der Waals surface area contributed by atoms with Crippen molar-refractivity contribution in [2.24, 2.45) is 5.92 Å². The number of anilines is 3. The Morgan fingerprint density at radius 3 is 2.48 bits per heavy atom. The highest BCUT2D eigenvalue weighted by Gasteiger charge is 2.07. The standard InChI is InChI=1S/C16H18ClN3O/c1-10(2)16(21)20-13-6-7-15(18-9-13)19-12-5-4-11(3)14(17)8-12/h4-10H,1-3H3,(H,18,19)(H,20,21). The smallest absolute Gasteiger partial charge is 0.226 e. The van der Waals surface area contributed by atoms with E-state index in [0.717, 1.165) is 11.3 Å². The first kappa shape index (κ1) is 15.3. The van der Waals surface area contributed by atoms with Crippen LogP contribution in [-0.4, -0.2) is 10.9 Å². The maximum absolute atomic E-state index is 11.6. The van der Waals surface area contributed by atoms with E-state index >= 15 is 0 Å². The number of nitrogens with one attached hydrogen (secondary N) is 2. The van der Waals surface area contributed by atoms with Gasteiger partial charge in [-0.05, 0) is 36.8 Å². The molecule has 0 bridgehead atoms. The van der Waals surface area contributed by atoms with Crippen molar-refractivity contribution in [1.82, 2.24) is 4.98 Å². The molecule has 21 heavy (non-hydrogen) atoms. The number of hydrogen-bond acceptors (Lipinski definition) is 3. The predicted octanol–water partition coefficient (Wildman–Crippen LogP) is 4.38. The SMILES string of the molecule is Cc1ccc(Nc2ccc(NC(=O)C(C)C)cn2)cc1Cl. The molecule has 1 aromatic heterocycles. The van der Waals surface area contributed by atoms with Crippen LogP contribution in [0.25, 0.3) is 0 Å². The summed E-state index contributed by atoms with van der Waals surface area (Å²) in [5.41, 5.74) is 2.58. The fourth-order valence-electron chi connectivity index (χ4n) is 1.65. The van der Waals surface area contributed by atoms with E-state index < -0.39 is 0 Å². The van der Waals surface area contributed by atoms with Crippen LogP contribution in [0.15, 0.2) is 36.5 Å². The lowest BCUT2D eigenvalue weighted by Crippen LogP contribution is -2.17. The van der Waals surface area contributed by atoms with E-state index in [4.69, 9.17) is 11.6 Å². The molecule has 0 unspecified atom stereocenters. The van der Waals surface area contributed by atoms with Crippen molar-refractivity contribution < 1.29 is 4.79 Å². The molecule has 1 amide bonds. The minimum Gasteiger partial charge on any atom is -0.340 e. The number of aromatic nitrogens is 1. The zero-order chi connectivity index (χ0) is 15.4. The highest BCUT2D eigenvalue weighted by Crippen LogP contribution is 2.22. The zero-order valence-corrected chi connectivity index (χ0v) is 13.0. The summed E-state index contributed by atoms with van der Waals surface area (Å²) in [4.78, 5) is 15.9. The van der Waals surface area contributed by atoms with Gasteiger partial charge in [-0.15, -0.1) is 0 Å². The van der Waals surface area contributed by atoms with Gasteiger partial charge in [-0.3, -0.25) is 4.79 Å². The van der Waals surface area contributed by atoms with Crippen LogP contribution >= 0.6 is 11.6 Å². The lowest BCUT2D eigenvalue weighted by molar-refractivity contribution is -0.118. The van der Waals surface area contributed by atoms with Gasteiger partial charge < -0.3 is 10.6 Å².